The minimum Gasteiger partial charge on any atom is -0.308 e. The molecule has 0 saturated heterocycles. The second-order valence-corrected chi connectivity index (χ2v) is 8.66. The monoisotopic (exact) mass is 500 g/mol. The van der Waals surface area contributed by atoms with Gasteiger partial charge in [-0.05, 0) is 41.8 Å². The number of hydrogen-bond acceptors (Lipinski definition) is 4. The van der Waals surface area contributed by atoms with Crippen LogP contribution < -0.4 is 5.32 Å². The van der Waals surface area contributed by atoms with Crippen LogP contribution in [0.15, 0.2) is 83.6 Å². The van der Waals surface area contributed by atoms with Crippen LogP contribution in [0.3, 0.4) is 0 Å². The van der Waals surface area contributed by atoms with Gasteiger partial charge in [-0.25, -0.2) is 9.67 Å². The zero-order valence-corrected chi connectivity index (χ0v) is 19.5. The van der Waals surface area contributed by atoms with Crippen LogP contribution in [0, 0.1) is 6.92 Å². The van der Waals surface area contributed by atoms with Gasteiger partial charge in [0, 0.05) is 28.3 Å². The van der Waals surface area contributed by atoms with Gasteiger partial charge in [-0.2, -0.15) is 10.2 Å². The van der Waals surface area contributed by atoms with E-state index in [2.05, 4.69) is 48.6 Å². The Morgan fingerprint density at radius 2 is 1.79 bits per heavy atom. The average Bonchev–Trinajstić information content (AvgIpc) is 3.39. The Morgan fingerprint density at radius 1 is 1.00 bits per heavy atom. The first-order valence-electron chi connectivity index (χ1n) is 10.5. The molecule has 5 rings (SSSR count). The standard InChI is InChI=1S/C25H21BrN6O/c1-17-24-21(19-5-3-2-4-6-19)11-13-27-25(24)32(29-17)16-23(33)28-22-12-14-31(30-22)15-18-7-9-20(26)10-8-18/h2-14H,15-16H2,1H3,(H,28,30,33). The molecule has 0 radical (unpaired) electrons. The highest BCUT2D eigenvalue weighted by Gasteiger charge is 2.16. The maximum absolute atomic E-state index is 12.7. The topological polar surface area (TPSA) is 77.6 Å². The highest BCUT2D eigenvalue weighted by Crippen LogP contribution is 2.29. The molecule has 5 aromatic rings. The third-order valence-corrected chi connectivity index (χ3v) is 5.88. The summed E-state index contributed by atoms with van der Waals surface area (Å²) in [6, 6.07) is 21.9. The van der Waals surface area contributed by atoms with Crippen LogP contribution >= 0.6 is 15.9 Å². The summed E-state index contributed by atoms with van der Waals surface area (Å²) < 4.78 is 4.47. The number of halogens is 1. The molecule has 2 aromatic carbocycles. The van der Waals surface area contributed by atoms with Crippen LogP contribution in [0.5, 0.6) is 0 Å². The number of nitrogens with zero attached hydrogens (tertiary/aromatic N) is 5. The van der Waals surface area contributed by atoms with Crippen LogP contribution in [-0.2, 0) is 17.9 Å². The zero-order valence-electron chi connectivity index (χ0n) is 17.9. The number of aryl methyl sites for hydroxylation is 1. The lowest BCUT2D eigenvalue weighted by Crippen LogP contribution is -2.20. The van der Waals surface area contributed by atoms with Gasteiger partial charge in [0.05, 0.1) is 12.2 Å². The molecular formula is C25H21BrN6O. The number of carbonyl (C=O) groups excluding carboxylic acids is 1. The fourth-order valence-corrected chi connectivity index (χ4v) is 4.13. The SMILES string of the molecule is Cc1nn(CC(=O)Nc2ccn(Cc3ccc(Br)cc3)n2)c2nccc(-c3ccccc3)c12. The maximum atomic E-state index is 12.7. The smallest absolute Gasteiger partial charge is 0.247 e. The largest absolute Gasteiger partial charge is 0.308 e. The molecule has 33 heavy (non-hydrogen) atoms. The average molecular weight is 501 g/mol. The Kier molecular flexibility index (Phi) is 5.75. The van der Waals surface area contributed by atoms with Crippen LogP contribution in [0.4, 0.5) is 5.82 Å². The van der Waals surface area contributed by atoms with Crippen molar-refractivity contribution in [3.63, 3.8) is 0 Å². The molecule has 3 aromatic heterocycles. The van der Waals surface area contributed by atoms with Crippen LogP contribution in [0.1, 0.15) is 11.3 Å². The van der Waals surface area contributed by atoms with Gasteiger partial charge in [-0.3, -0.25) is 9.48 Å². The van der Waals surface area contributed by atoms with Gasteiger partial charge in [0.2, 0.25) is 5.91 Å². The van der Waals surface area contributed by atoms with Crippen molar-refractivity contribution in [2.45, 2.75) is 20.0 Å². The van der Waals surface area contributed by atoms with Gasteiger partial charge in [0.1, 0.15) is 6.54 Å². The van der Waals surface area contributed by atoms with E-state index in [1.54, 1.807) is 21.6 Å². The number of anilines is 1. The van der Waals surface area contributed by atoms with Crippen molar-refractivity contribution in [1.29, 1.82) is 0 Å². The number of fused-ring (bicyclic) bond motifs is 1. The Balaban J connectivity index is 1.32. The van der Waals surface area contributed by atoms with Crippen LogP contribution in [0.2, 0.25) is 0 Å². The third kappa shape index (κ3) is 4.56. The van der Waals surface area contributed by atoms with E-state index in [9.17, 15) is 4.79 Å². The summed E-state index contributed by atoms with van der Waals surface area (Å²) >= 11 is 3.44. The van der Waals surface area contributed by atoms with Crippen molar-refractivity contribution in [3.8, 4) is 11.1 Å². The molecule has 1 amide bonds. The first-order valence-corrected chi connectivity index (χ1v) is 11.3. The van der Waals surface area contributed by atoms with E-state index < -0.39 is 0 Å². The highest BCUT2D eigenvalue weighted by molar-refractivity contribution is 9.10. The number of nitrogens with one attached hydrogen (secondary N) is 1. The summed E-state index contributed by atoms with van der Waals surface area (Å²) in [6.07, 6.45) is 3.60. The molecule has 0 atom stereocenters. The number of rotatable bonds is 6. The zero-order chi connectivity index (χ0) is 22.8. The molecule has 8 heteroatoms. The van der Waals surface area contributed by atoms with E-state index >= 15 is 0 Å². The van der Waals surface area contributed by atoms with Gasteiger partial charge < -0.3 is 5.32 Å². The quantitative estimate of drug-likeness (QED) is 0.353. The molecule has 1 N–H and O–H groups in total. The predicted octanol–water partition coefficient (Wildman–Crippen LogP) is 5.05. The summed E-state index contributed by atoms with van der Waals surface area (Å²) in [6.45, 7) is 2.61. The van der Waals surface area contributed by atoms with Crippen molar-refractivity contribution < 1.29 is 4.79 Å². The first-order chi connectivity index (χ1) is 16.1. The summed E-state index contributed by atoms with van der Waals surface area (Å²) in [7, 11) is 0. The lowest BCUT2D eigenvalue weighted by Gasteiger charge is -2.06. The molecule has 0 spiro atoms. The normalized spacial score (nSPS) is 11.1. The molecule has 164 valence electrons. The number of amides is 1. The second kappa shape index (κ2) is 8.99. The molecule has 0 bridgehead atoms. The van der Waals surface area contributed by atoms with Gasteiger partial charge in [-0.1, -0.05) is 58.4 Å². The van der Waals surface area contributed by atoms with E-state index in [-0.39, 0.29) is 12.5 Å². The van der Waals surface area contributed by atoms with Gasteiger partial charge in [0.25, 0.3) is 0 Å². The number of aromatic nitrogens is 5. The summed E-state index contributed by atoms with van der Waals surface area (Å²) in [4.78, 5) is 17.2. The molecule has 3 heterocycles. The lowest BCUT2D eigenvalue weighted by molar-refractivity contribution is -0.116. The predicted molar refractivity (Wildman–Crippen MR) is 132 cm³/mol. The Morgan fingerprint density at radius 3 is 2.58 bits per heavy atom. The fourth-order valence-electron chi connectivity index (χ4n) is 3.86. The van der Waals surface area contributed by atoms with Gasteiger partial charge in [-0.15, -0.1) is 0 Å². The lowest BCUT2D eigenvalue weighted by atomic mass is 10.0. The van der Waals surface area contributed by atoms with Crippen molar-refractivity contribution >= 4 is 38.7 Å². The van der Waals surface area contributed by atoms with E-state index in [1.807, 2.05) is 61.7 Å². The molecule has 0 aliphatic carbocycles. The van der Waals surface area contributed by atoms with Crippen molar-refractivity contribution in [3.05, 3.63) is 94.9 Å². The van der Waals surface area contributed by atoms with Crippen molar-refractivity contribution in [1.82, 2.24) is 24.5 Å². The summed E-state index contributed by atoms with van der Waals surface area (Å²) in [5.74, 6) is 0.295. The highest BCUT2D eigenvalue weighted by atomic mass is 79.9. The number of carbonyl (C=O) groups is 1. The Labute approximate surface area is 199 Å². The first kappa shape index (κ1) is 21.1. The fraction of sp³-hybridized carbons (Fsp3) is 0.120. The molecule has 0 fully saturated rings. The number of pyridine rings is 1. The Bertz CT molecular complexity index is 1420. The van der Waals surface area contributed by atoms with Gasteiger partial charge in [0.15, 0.2) is 11.5 Å². The van der Waals surface area contributed by atoms with E-state index in [4.69, 9.17) is 0 Å². The molecule has 0 saturated carbocycles. The van der Waals surface area contributed by atoms with Crippen molar-refractivity contribution in [2.24, 2.45) is 0 Å². The molecule has 0 aliphatic heterocycles. The Hall–Kier alpha value is -3.78. The number of benzene rings is 2. The minimum absolute atomic E-state index is 0.0507. The van der Waals surface area contributed by atoms with Crippen LogP contribution in [0.25, 0.3) is 22.2 Å². The molecular weight excluding hydrogens is 480 g/mol. The maximum Gasteiger partial charge on any atom is 0.247 e. The van der Waals surface area contributed by atoms with E-state index in [1.165, 1.54) is 0 Å². The summed E-state index contributed by atoms with van der Waals surface area (Å²) in [5.41, 5.74) is 4.79. The van der Waals surface area contributed by atoms with Gasteiger partial charge >= 0.3 is 0 Å². The third-order valence-electron chi connectivity index (χ3n) is 5.35. The van der Waals surface area contributed by atoms with Crippen molar-refractivity contribution in [2.75, 3.05) is 5.32 Å². The second-order valence-electron chi connectivity index (χ2n) is 7.74. The number of hydrogen-bond donors (Lipinski definition) is 1. The molecule has 0 unspecified atom stereocenters. The van der Waals surface area contributed by atoms with E-state index in [0.717, 1.165) is 32.2 Å². The van der Waals surface area contributed by atoms with Crippen LogP contribution in [-0.4, -0.2) is 30.5 Å². The molecule has 0 aliphatic rings. The van der Waals surface area contributed by atoms with E-state index in [0.29, 0.717) is 18.0 Å². The molecule has 7 nitrogen and oxygen atoms in total. The summed E-state index contributed by atoms with van der Waals surface area (Å²) in [5, 5.41) is 12.9. The minimum atomic E-state index is -0.208.